The number of benzene rings is 5. The SMILES string of the molecule is O=C(Nc1cccc([N+](=O)[O-])c1)Nc1ccc2nc3c4ccccc4c4ccccc4c3nc2c1. The van der Waals surface area contributed by atoms with Crippen molar-refractivity contribution in [1.29, 1.82) is 0 Å². The second-order valence-electron chi connectivity index (χ2n) is 8.10. The van der Waals surface area contributed by atoms with Gasteiger partial charge in [0, 0.05) is 34.3 Å². The lowest BCUT2D eigenvalue weighted by atomic mass is 9.99. The van der Waals surface area contributed by atoms with Gasteiger partial charge >= 0.3 is 6.03 Å². The molecular weight excluding hydrogens is 442 g/mol. The third kappa shape index (κ3) is 3.63. The molecule has 8 heteroatoms. The van der Waals surface area contributed by atoms with E-state index in [1.54, 1.807) is 18.2 Å². The highest BCUT2D eigenvalue weighted by Crippen LogP contribution is 2.34. The molecule has 168 valence electrons. The number of rotatable bonds is 3. The normalized spacial score (nSPS) is 11.2. The zero-order chi connectivity index (χ0) is 23.9. The fraction of sp³-hybridized carbons (Fsp3) is 0. The van der Waals surface area contributed by atoms with Gasteiger partial charge in [0.25, 0.3) is 5.69 Å². The average Bonchev–Trinajstić information content (AvgIpc) is 2.88. The molecule has 0 aliphatic carbocycles. The molecule has 0 unspecified atom stereocenters. The Bertz CT molecular complexity index is 1820. The second kappa shape index (κ2) is 8.03. The summed E-state index contributed by atoms with van der Waals surface area (Å²) in [6, 6.07) is 26.8. The van der Waals surface area contributed by atoms with Gasteiger partial charge in [0.15, 0.2) is 0 Å². The Morgan fingerprint density at radius 1 is 0.657 bits per heavy atom. The molecule has 8 nitrogen and oxygen atoms in total. The van der Waals surface area contributed by atoms with Crippen LogP contribution in [-0.4, -0.2) is 20.9 Å². The van der Waals surface area contributed by atoms with E-state index in [-0.39, 0.29) is 5.69 Å². The van der Waals surface area contributed by atoms with Crippen LogP contribution >= 0.6 is 0 Å². The summed E-state index contributed by atoms with van der Waals surface area (Å²) in [4.78, 5) is 32.8. The highest BCUT2D eigenvalue weighted by atomic mass is 16.6. The van der Waals surface area contributed by atoms with Gasteiger partial charge in [-0.1, -0.05) is 54.6 Å². The Balaban J connectivity index is 1.40. The third-order valence-electron chi connectivity index (χ3n) is 5.89. The maximum absolute atomic E-state index is 12.5. The molecule has 1 aromatic heterocycles. The van der Waals surface area contributed by atoms with Gasteiger partial charge < -0.3 is 10.6 Å². The first-order valence-corrected chi connectivity index (χ1v) is 10.9. The summed E-state index contributed by atoms with van der Waals surface area (Å²) in [6.07, 6.45) is 0. The van der Waals surface area contributed by atoms with Crippen LogP contribution in [0.2, 0.25) is 0 Å². The molecule has 0 aliphatic heterocycles. The van der Waals surface area contributed by atoms with E-state index in [0.29, 0.717) is 22.4 Å². The minimum absolute atomic E-state index is 0.101. The highest BCUT2D eigenvalue weighted by Gasteiger charge is 2.13. The van der Waals surface area contributed by atoms with Crippen LogP contribution in [0.25, 0.3) is 43.6 Å². The predicted octanol–water partition coefficient (Wildman–Crippen LogP) is 6.64. The number of amides is 2. The van der Waals surface area contributed by atoms with E-state index in [9.17, 15) is 14.9 Å². The van der Waals surface area contributed by atoms with E-state index in [1.807, 2.05) is 36.4 Å². The Morgan fingerprint density at radius 2 is 1.23 bits per heavy atom. The van der Waals surface area contributed by atoms with Crippen molar-refractivity contribution < 1.29 is 9.72 Å². The van der Waals surface area contributed by atoms with Crippen LogP contribution in [0, 0.1) is 10.1 Å². The second-order valence-corrected chi connectivity index (χ2v) is 8.10. The number of hydrogen-bond donors (Lipinski definition) is 2. The molecule has 0 spiro atoms. The first-order chi connectivity index (χ1) is 17.1. The number of carbonyl (C=O) groups is 1. The number of fused-ring (bicyclic) bond motifs is 7. The lowest BCUT2D eigenvalue weighted by Crippen LogP contribution is -2.19. The summed E-state index contributed by atoms with van der Waals surface area (Å²) >= 11 is 0. The Morgan fingerprint density at radius 3 is 1.86 bits per heavy atom. The lowest BCUT2D eigenvalue weighted by Gasteiger charge is -2.11. The Labute approximate surface area is 198 Å². The van der Waals surface area contributed by atoms with Crippen LogP contribution < -0.4 is 10.6 Å². The maximum atomic E-state index is 12.5. The zero-order valence-corrected chi connectivity index (χ0v) is 18.2. The minimum atomic E-state index is -0.518. The van der Waals surface area contributed by atoms with Gasteiger partial charge in [-0.2, -0.15) is 0 Å². The van der Waals surface area contributed by atoms with E-state index in [2.05, 4.69) is 28.8 Å². The number of urea groups is 1. The molecule has 0 bridgehead atoms. The molecule has 2 N–H and O–H groups in total. The number of nitro groups is 1. The van der Waals surface area contributed by atoms with Gasteiger partial charge in [0.1, 0.15) is 0 Å². The van der Waals surface area contributed by atoms with Crippen LogP contribution in [0.1, 0.15) is 0 Å². The van der Waals surface area contributed by atoms with Crippen molar-refractivity contribution >= 4 is 66.7 Å². The number of nitrogens with zero attached hydrogens (tertiary/aromatic N) is 3. The first-order valence-electron chi connectivity index (χ1n) is 10.9. The number of non-ortho nitro benzene ring substituents is 1. The molecule has 0 fully saturated rings. The number of nitrogens with one attached hydrogen (secondary N) is 2. The summed E-state index contributed by atoms with van der Waals surface area (Å²) in [5.41, 5.74) is 3.73. The summed E-state index contributed by atoms with van der Waals surface area (Å²) in [6.45, 7) is 0. The first kappa shape index (κ1) is 20.5. The molecule has 0 atom stereocenters. The Hall–Kier alpha value is -5.11. The number of hydrogen-bond acceptors (Lipinski definition) is 5. The van der Waals surface area contributed by atoms with Crippen molar-refractivity contribution in [2.75, 3.05) is 10.6 Å². The largest absolute Gasteiger partial charge is 0.323 e. The minimum Gasteiger partial charge on any atom is -0.308 e. The molecule has 35 heavy (non-hydrogen) atoms. The molecule has 2 amide bonds. The van der Waals surface area contributed by atoms with Gasteiger partial charge in [-0.15, -0.1) is 0 Å². The third-order valence-corrected chi connectivity index (χ3v) is 5.89. The Kier molecular flexibility index (Phi) is 4.70. The smallest absolute Gasteiger partial charge is 0.308 e. The molecule has 0 saturated heterocycles. The van der Waals surface area contributed by atoms with E-state index in [0.717, 1.165) is 32.6 Å². The van der Waals surface area contributed by atoms with Crippen molar-refractivity contribution in [2.24, 2.45) is 0 Å². The summed E-state index contributed by atoms with van der Waals surface area (Å²) in [5.74, 6) is 0. The van der Waals surface area contributed by atoms with Gasteiger partial charge in [-0.3, -0.25) is 10.1 Å². The van der Waals surface area contributed by atoms with Gasteiger partial charge in [0.05, 0.1) is 27.0 Å². The summed E-state index contributed by atoms with van der Waals surface area (Å²) in [7, 11) is 0. The average molecular weight is 459 g/mol. The lowest BCUT2D eigenvalue weighted by molar-refractivity contribution is -0.384. The molecular formula is C27H17N5O3. The quantitative estimate of drug-likeness (QED) is 0.133. The molecule has 1 heterocycles. The standard InChI is InChI=1S/C27H17N5O3/c33-27(28-16-6-5-7-18(14-16)32(34)35)29-17-12-13-23-24(15-17)31-26-22-11-4-2-9-20(22)19-8-1-3-10-21(19)25(26)30-23/h1-15H,(H2,28,29,33). The van der Waals surface area contributed by atoms with Gasteiger partial charge in [0.2, 0.25) is 0 Å². The van der Waals surface area contributed by atoms with Crippen LogP contribution in [0.5, 0.6) is 0 Å². The number of anilines is 2. The number of aromatic nitrogens is 2. The van der Waals surface area contributed by atoms with E-state index < -0.39 is 11.0 Å². The summed E-state index contributed by atoms with van der Waals surface area (Å²) < 4.78 is 0. The maximum Gasteiger partial charge on any atom is 0.323 e. The van der Waals surface area contributed by atoms with Gasteiger partial charge in [-0.25, -0.2) is 14.8 Å². The van der Waals surface area contributed by atoms with Crippen molar-refractivity contribution in [1.82, 2.24) is 9.97 Å². The molecule has 6 aromatic rings. The van der Waals surface area contributed by atoms with Crippen LogP contribution in [-0.2, 0) is 0 Å². The van der Waals surface area contributed by atoms with Crippen LogP contribution in [0.4, 0.5) is 21.9 Å². The number of carbonyl (C=O) groups excluding carboxylic acids is 1. The van der Waals surface area contributed by atoms with Crippen molar-refractivity contribution in [3.8, 4) is 0 Å². The fourth-order valence-corrected chi connectivity index (χ4v) is 4.35. The van der Waals surface area contributed by atoms with Crippen molar-refractivity contribution in [3.63, 3.8) is 0 Å². The van der Waals surface area contributed by atoms with Crippen LogP contribution in [0.15, 0.2) is 91.0 Å². The summed E-state index contributed by atoms with van der Waals surface area (Å²) in [5, 5.41) is 20.6. The fourth-order valence-electron chi connectivity index (χ4n) is 4.35. The van der Waals surface area contributed by atoms with Crippen LogP contribution in [0.3, 0.4) is 0 Å². The van der Waals surface area contributed by atoms with E-state index in [4.69, 9.17) is 9.97 Å². The topological polar surface area (TPSA) is 110 Å². The van der Waals surface area contributed by atoms with E-state index in [1.165, 1.54) is 18.2 Å². The predicted molar refractivity (Wildman–Crippen MR) is 138 cm³/mol. The monoisotopic (exact) mass is 459 g/mol. The molecule has 0 aliphatic rings. The highest BCUT2D eigenvalue weighted by molar-refractivity contribution is 6.23. The van der Waals surface area contributed by atoms with Crippen molar-refractivity contribution in [3.05, 3.63) is 101 Å². The molecule has 0 radical (unpaired) electrons. The van der Waals surface area contributed by atoms with E-state index >= 15 is 0 Å². The van der Waals surface area contributed by atoms with Gasteiger partial charge in [-0.05, 0) is 35.0 Å². The molecule has 5 aromatic carbocycles. The molecule has 0 saturated carbocycles. The zero-order valence-electron chi connectivity index (χ0n) is 18.2. The number of nitro benzene ring substituents is 1. The molecule has 6 rings (SSSR count). The van der Waals surface area contributed by atoms with Crippen molar-refractivity contribution in [2.45, 2.75) is 0 Å².